The average molecular weight is 330 g/mol. The molecule has 0 aromatic heterocycles. The second-order valence-corrected chi connectivity index (χ2v) is 6.55. The van der Waals surface area contributed by atoms with Gasteiger partial charge in [0.2, 0.25) is 0 Å². The molecular weight excluding hydrogens is 310 g/mol. The monoisotopic (exact) mass is 329 g/mol. The molecule has 0 fully saturated rings. The van der Waals surface area contributed by atoms with Gasteiger partial charge in [-0.05, 0) is 60.5 Å². The van der Waals surface area contributed by atoms with Crippen LogP contribution >= 0.6 is 15.9 Å². The van der Waals surface area contributed by atoms with E-state index in [1.807, 2.05) is 0 Å². The summed E-state index contributed by atoms with van der Waals surface area (Å²) in [6.07, 6.45) is 3.72. The number of nitrogens with one attached hydrogen (secondary N) is 1. The highest BCUT2D eigenvalue weighted by Crippen LogP contribution is 2.27. The van der Waals surface area contributed by atoms with Gasteiger partial charge in [-0.3, -0.25) is 0 Å². The van der Waals surface area contributed by atoms with Crippen molar-refractivity contribution in [1.82, 2.24) is 5.32 Å². The summed E-state index contributed by atoms with van der Waals surface area (Å²) >= 11 is 3.56. The molecule has 20 heavy (non-hydrogen) atoms. The first kappa shape index (κ1) is 13.8. The van der Waals surface area contributed by atoms with E-state index in [2.05, 4.69) is 69.8 Å². The SMILES string of the molecule is Brc1ccc2c(c1)CC[C@H](CNCc1ccccc1)C2. The minimum absolute atomic E-state index is 0.771. The molecule has 0 amide bonds. The number of hydrogen-bond acceptors (Lipinski definition) is 1. The summed E-state index contributed by atoms with van der Waals surface area (Å²) in [6.45, 7) is 2.09. The summed E-state index contributed by atoms with van der Waals surface area (Å²) in [5, 5.41) is 3.60. The first-order valence-electron chi connectivity index (χ1n) is 7.33. The van der Waals surface area contributed by atoms with Gasteiger partial charge in [-0.2, -0.15) is 0 Å². The predicted molar refractivity (Wildman–Crippen MR) is 87.8 cm³/mol. The number of halogens is 1. The maximum Gasteiger partial charge on any atom is 0.0205 e. The van der Waals surface area contributed by atoms with Crippen molar-refractivity contribution < 1.29 is 0 Å². The van der Waals surface area contributed by atoms with Gasteiger partial charge in [0, 0.05) is 11.0 Å². The van der Waals surface area contributed by atoms with Crippen molar-refractivity contribution in [2.24, 2.45) is 5.92 Å². The van der Waals surface area contributed by atoms with Gasteiger partial charge in [-0.25, -0.2) is 0 Å². The van der Waals surface area contributed by atoms with Gasteiger partial charge in [0.25, 0.3) is 0 Å². The number of fused-ring (bicyclic) bond motifs is 1. The molecule has 2 aromatic rings. The average Bonchev–Trinajstić information content (AvgIpc) is 2.48. The molecule has 0 spiro atoms. The van der Waals surface area contributed by atoms with E-state index in [0.717, 1.165) is 19.0 Å². The molecule has 0 bridgehead atoms. The third-order valence-corrected chi connectivity index (χ3v) is 4.60. The van der Waals surface area contributed by atoms with Gasteiger partial charge >= 0.3 is 0 Å². The Morgan fingerprint density at radius 3 is 2.75 bits per heavy atom. The molecule has 0 saturated heterocycles. The number of aryl methyl sites for hydroxylation is 1. The molecule has 1 atom stereocenters. The fourth-order valence-corrected chi connectivity index (χ4v) is 3.40. The summed E-state index contributed by atoms with van der Waals surface area (Å²) in [7, 11) is 0. The van der Waals surface area contributed by atoms with Crippen molar-refractivity contribution in [2.75, 3.05) is 6.54 Å². The Morgan fingerprint density at radius 2 is 1.90 bits per heavy atom. The maximum absolute atomic E-state index is 3.60. The van der Waals surface area contributed by atoms with Crippen molar-refractivity contribution in [2.45, 2.75) is 25.8 Å². The normalized spacial score (nSPS) is 17.8. The topological polar surface area (TPSA) is 12.0 Å². The molecule has 3 rings (SSSR count). The Kier molecular flexibility index (Phi) is 4.54. The second-order valence-electron chi connectivity index (χ2n) is 5.64. The van der Waals surface area contributed by atoms with Crippen molar-refractivity contribution in [3.8, 4) is 0 Å². The highest BCUT2D eigenvalue weighted by molar-refractivity contribution is 9.10. The minimum atomic E-state index is 0.771. The standard InChI is InChI=1S/C18H20BrN/c19-18-9-8-16-10-15(6-7-17(16)11-18)13-20-12-14-4-2-1-3-5-14/h1-5,8-9,11,15,20H,6-7,10,12-13H2/t15-/m0/s1. The highest BCUT2D eigenvalue weighted by Gasteiger charge is 2.18. The second kappa shape index (κ2) is 6.55. The van der Waals surface area contributed by atoms with E-state index in [9.17, 15) is 0 Å². The number of rotatable bonds is 4. The maximum atomic E-state index is 3.60. The molecule has 1 N–H and O–H groups in total. The fraction of sp³-hybridized carbons (Fsp3) is 0.333. The quantitative estimate of drug-likeness (QED) is 0.879. The van der Waals surface area contributed by atoms with Crippen LogP contribution in [0.4, 0.5) is 0 Å². The highest BCUT2D eigenvalue weighted by atomic mass is 79.9. The summed E-state index contributed by atoms with van der Waals surface area (Å²) in [5.74, 6) is 0.771. The van der Waals surface area contributed by atoms with E-state index < -0.39 is 0 Å². The number of hydrogen-bond donors (Lipinski definition) is 1. The van der Waals surface area contributed by atoms with Crippen LogP contribution in [-0.2, 0) is 19.4 Å². The van der Waals surface area contributed by atoms with Crippen LogP contribution in [0.25, 0.3) is 0 Å². The van der Waals surface area contributed by atoms with Gasteiger partial charge in [0.1, 0.15) is 0 Å². The Labute approximate surface area is 129 Å². The Balaban J connectivity index is 1.52. The van der Waals surface area contributed by atoms with E-state index >= 15 is 0 Å². The third kappa shape index (κ3) is 3.50. The number of benzene rings is 2. The van der Waals surface area contributed by atoms with E-state index in [-0.39, 0.29) is 0 Å². The molecule has 0 radical (unpaired) electrons. The van der Waals surface area contributed by atoms with Crippen molar-refractivity contribution in [3.63, 3.8) is 0 Å². The van der Waals surface area contributed by atoms with Crippen molar-refractivity contribution >= 4 is 15.9 Å². The summed E-state index contributed by atoms with van der Waals surface area (Å²) in [5.41, 5.74) is 4.43. The van der Waals surface area contributed by atoms with Crippen LogP contribution in [0.5, 0.6) is 0 Å². The van der Waals surface area contributed by atoms with Crippen LogP contribution < -0.4 is 5.32 Å². The lowest BCUT2D eigenvalue weighted by Crippen LogP contribution is -2.27. The first-order chi connectivity index (χ1) is 9.81. The van der Waals surface area contributed by atoms with Gasteiger partial charge < -0.3 is 5.32 Å². The van der Waals surface area contributed by atoms with Gasteiger partial charge in [0.05, 0.1) is 0 Å². The van der Waals surface area contributed by atoms with E-state index in [0.29, 0.717) is 0 Å². The molecule has 0 aliphatic heterocycles. The third-order valence-electron chi connectivity index (χ3n) is 4.10. The fourth-order valence-electron chi connectivity index (χ4n) is 2.99. The molecule has 2 heteroatoms. The van der Waals surface area contributed by atoms with Gasteiger partial charge in [-0.1, -0.05) is 52.3 Å². The van der Waals surface area contributed by atoms with E-state index in [4.69, 9.17) is 0 Å². The Morgan fingerprint density at radius 1 is 1.05 bits per heavy atom. The van der Waals surface area contributed by atoms with Crippen LogP contribution in [0.1, 0.15) is 23.1 Å². The van der Waals surface area contributed by atoms with E-state index in [1.54, 1.807) is 0 Å². The summed E-state index contributed by atoms with van der Waals surface area (Å²) < 4.78 is 1.21. The lowest BCUT2D eigenvalue weighted by molar-refractivity contribution is 0.424. The molecule has 1 nitrogen and oxygen atoms in total. The van der Waals surface area contributed by atoms with E-state index in [1.165, 1.54) is 40.4 Å². The lowest BCUT2D eigenvalue weighted by atomic mass is 9.84. The summed E-state index contributed by atoms with van der Waals surface area (Å²) in [4.78, 5) is 0. The smallest absolute Gasteiger partial charge is 0.0205 e. The van der Waals surface area contributed by atoms with Crippen LogP contribution in [0.15, 0.2) is 53.0 Å². The zero-order valence-electron chi connectivity index (χ0n) is 11.6. The van der Waals surface area contributed by atoms with Crippen molar-refractivity contribution in [1.29, 1.82) is 0 Å². The molecule has 0 heterocycles. The Hall–Kier alpha value is -1.12. The minimum Gasteiger partial charge on any atom is -0.312 e. The Bertz CT molecular complexity index is 565. The van der Waals surface area contributed by atoms with Crippen LogP contribution in [0, 0.1) is 5.92 Å². The van der Waals surface area contributed by atoms with Gasteiger partial charge in [-0.15, -0.1) is 0 Å². The zero-order valence-corrected chi connectivity index (χ0v) is 13.2. The summed E-state index contributed by atoms with van der Waals surface area (Å²) in [6, 6.07) is 17.4. The molecule has 0 saturated carbocycles. The van der Waals surface area contributed by atoms with Crippen LogP contribution in [-0.4, -0.2) is 6.54 Å². The largest absolute Gasteiger partial charge is 0.312 e. The lowest BCUT2D eigenvalue weighted by Gasteiger charge is -2.25. The first-order valence-corrected chi connectivity index (χ1v) is 8.12. The molecule has 1 aliphatic rings. The zero-order chi connectivity index (χ0) is 13.8. The van der Waals surface area contributed by atoms with Crippen LogP contribution in [0.2, 0.25) is 0 Å². The predicted octanol–water partition coefficient (Wildman–Crippen LogP) is 4.34. The van der Waals surface area contributed by atoms with Gasteiger partial charge in [0.15, 0.2) is 0 Å². The van der Waals surface area contributed by atoms with Crippen molar-refractivity contribution in [3.05, 3.63) is 69.7 Å². The molecule has 2 aromatic carbocycles. The molecular formula is C18H20BrN. The molecule has 0 unspecified atom stereocenters. The van der Waals surface area contributed by atoms with Crippen LogP contribution in [0.3, 0.4) is 0 Å². The molecule has 104 valence electrons. The molecule has 1 aliphatic carbocycles.